The van der Waals surface area contributed by atoms with Gasteiger partial charge in [0, 0.05) is 23.0 Å². The number of aryl methyl sites for hydroxylation is 1. The summed E-state index contributed by atoms with van der Waals surface area (Å²) in [7, 11) is 0. The van der Waals surface area contributed by atoms with Gasteiger partial charge in [-0.05, 0) is 66.1 Å². The molecule has 0 atom stereocenters. The maximum absolute atomic E-state index is 9.70. The smallest absolute Gasteiger partial charge is 0.115 e. The summed E-state index contributed by atoms with van der Waals surface area (Å²) >= 11 is 0. The molecule has 0 amide bonds. The molecule has 1 saturated carbocycles. The summed E-state index contributed by atoms with van der Waals surface area (Å²) in [5, 5.41) is 19.3. The fourth-order valence-corrected chi connectivity index (χ4v) is 3.76. The largest absolute Gasteiger partial charge is 0.508 e. The van der Waals surface area contributed by atoms with E-state index in [9.17, 15) is 10.2 Å². The molecule has 0 bridgehead atoms. The van der Waals surface area contributed by atoms with Crippen molar-refractivity contribution in [1.82, 2.24) is 4.98 Å². The molecule has 2 aromatic carbocycles. The van der Waals surface area contributed by atoms with Crippen molar-refractivity contribution in [2.24, 2.45) is 5.92 Å². The Bertz CT molecular complexity index is 926. The van der Waals surface area contributed by atoms with E-state index in [2.05, 4.69) is 6.92 Å². The Kier molecular flexibility index (Phi) is 4.85. The minimum absolute atomic E-state index is 0.268. The number of benzene rings is 2. The van der Waals surface area contributed by atoms with Crippen LogP contribution in [0.1, 0.15) is 37.4 Å². The molecule has 3 heteroatoms. The molecule has 3 aromatic rings. The zero-order valence-corrected chi connectivity index (χ0v) is 15.7. The number of hydrogen-bond acceptors (Lipinski definition) is 3. The van der Waals surface area contributed by atoms with Crippen LogP contribution in [-0.2, 0) is 12.8 Å². The van der Waals surface area contributed by atoms with Crippen LogP contribution in [-0.4, -0.2) is 15.2 Å². The molecule has 0 unspecified atom stereocenters. The van der Waals surface area contributed by atoms with Crippen LogP contribution >= 0.6 is 0 Å². The van der Waals surface area contributed by atoms with Crippen molar-refractivity contribution in [1.29, 1.82) is 0 Å². The minimum atomic E-state index is 0.268. The first-order valence-electron chi connectivity index (χ1n) is 9.75. The molecular formula is C24H25NO2. The molecule has 1 aliphatic carbocycles. The van der Waals surface area contributed by atoms with Gasteiger partial charge in [-0.15, -0.1) is 0 Å². The Balaban J connectivity index is 1.85. The number of aromatic hydroxyl groups is 2. The van der Waals surface area contributed by atoms with E-state index in [4.69, 9.17) is 4.98 Å². The zero-order chi connectivity index (χ0) is 18.8. The summed E-state index contributed by atoms with van der Waals surface area (Å²) in [6, 6.07) is 14.8. The molecule has 1 heterocycles. The number of nitrogens with zero attached hydrogens (tertiary/aromatic N) is 1. The third kappa shape index (κ3) is 3.82. The summed E-state index contributed by atoms with van der Waals surface area (Å²) in [6.07, 6.45) is 7.76. The summed E-state index contributed by atoms with van der Waals surface area (Å²) in [5.74, 6) is 1.41. The third-order valence-corrected chi connectivity index (χ3v) is 5.44. The zero-order valence-electron chi connectivity index (χ0n) is 15.7. The summed E-state index contributed by atoms with van der Waals surface area (Å²) in [4.78, 5) is 4.86. The van der Waals surface area contributed by atoms with Crippen molar-refractivity contribution < 1.29 is 10.2 Å². The standard InChI is InChI=1S/C24H25NO2/c1-2-21-22(17-6-10-19(26)11-7-17)15-25-23(14-5-16-3-4-16)24(21)18-8-12-20(27)13-9-18/h6-13,15-16,26-27H,2-5,14H2,1H3. The lowest BCUT2D eigenvalue weighted by Crippen LogP contribution is -2.02. The Labute approximate surface area is 160 Å². The van der Waals surface area contributed by atoms with Gasteiger partial charge in [-0.2, -0.15) is 0 Å². The quantitative estimate of drug-likeness (QED) is 0.591. The Morgan fingerprint density at radius 1 is 0.889 bits per heavy atom. The van der Waals surface area contributed by atoms with Crippen molar-refractivity contribution in [3.8, 4) is 33.8 Å². The number of aromatic nitrogens is 1. The molecule has 2 N–H and O–H groups in total. The first kappa shape index (κ1) is 17.6. The maximum atomic E-state index is 9.70. The van der Waals surface area contributed by atoms with Gasteiger partial charge in [0.15, 0.2) is 0 Å². The second-order valence-electron chi connectivity index (χ2n) is 7.40. The van der Waals surface area contributed by atoms with Crippen LogP contribution < -0.4 is 0 Å². The monoisotopic (exact) mass is 359 g/mol. The van der Waals surface area contributed by atoms with Gasteiger partial charge in [0.25, 0.3) is 0 Å². The fourth-order valence-electron chi connectivity index (χ4n) is 3.76. The first-order valence-corrected chi connectivity index (χ1v) is 9.75. The van der Waals surface area contributed by atoms with E-state index in [-0.39, 0.29) is 11.5 Å². The molecule has 138 valence electrons. The molecule has 1 aliphatic rings. The van der Waals surface area contributed by atoms with Gasteiger partial charge in [0.2, 0.25) is 0 Å². The molecule has 0 radical (unpaired) electrons. The maximum Gasteiger partial charge on any atom is 0.115 e. The molecule has 0 spiro atoms. The highest BCUT2D eigenvalue weighted by Crippen LogP contribution is 2.38. The molecule has 0 aliphatic heterocycles. The normalized spacial score (nSPS) is 13.7. The molecule has 1 aromatic heterocycles. The number of rotatable bonds is 6. The Hall–Kier alpha value is -2.81. The lowest BCUT2D eigenvalue weighted by Gasteiger charge is -2.18. The van der Waals surface area contributed by atoms with Crippen molar-refractivity contribution in [3.05, 3.63) is 66.0 Å². The molecule has 4 rings (SSSR count). The second-order valence-corrected chi connectivity index (χ2v) is 7.40. The fraction of sp³-hybridized carbons (Fsp3) is 0.292. The average molecular weight is 359 g/mol. The van der Waals surface area contributed by atoms with Crippen LogP contribution in [0.4, 0.5) is 0 Å². The van der Waals surface area contributed by atoms with Crippen LogP contribution in [0.2, 0.25) is 0 Å². The first-order chi connectivity index (χ1) is 13.2. The summed E-state index contributed by atoms with van der Waals surface area (Å²) in [6.45, 7) is 2.17. The van der Waals surface area contributed by atoms with Gasteiger partial charge < -0.3 is 10.2 Å². The van der Waals surface area contributed by atoms with E-state index in [1.807, 2.05) is 30.5 Å². The average Bonchev–Trinajstić information content (AvgIpc) is 3.51. The highest BCUT2D eigenvalue weighted by atomic mass is 16.3. The lowest BCUT2D eigenvalue weighted by molar-refractivity contribution is 0.475. The molecule has 0 saturated heterocycles. The van der Waals surface area contributed by atoms with Crippen molar-refractivity contribution in [2.75, 3.05) is 0 Å². The van der Waals surface area contributed by atoms with E-state index >= 15 is 0 Å². The third-order valence-electron chi connectivity index (χ3n) is 5.44. The SMILES string of the molecule is CCc1c(-c2ccc(O)cc2)cnc(CCC2CC2)c1-c1ccc(O)cc1. The van der Waals surface area contributed by atoms with E-state index in [1.54, 1.807) is 24.3 Å². The van der Waals surface area contributed by atoms with E-state index < -0.39 is 0 Å². The predicted octanol–water partition coefficient (Wildman–Crippen LogP) is 5.73. The van der Waals surface area contributed by atoms with Crippen molar-refractivity contribution in [2.45, 2.75) is 39.0 Å². The highest BCUT2D eigenvalue weighted by Gasteiger charge is 2.23. The number of pyridine rings is 1. The second kappa shape index (κ2) is 7.43. The minimum Gasteiger partial charge on any atom is -0.508 e. The molecule has 3 nitrogen and oxygen atoms in total. The lowest BCUT2D eigenvalue weighted by atomic mass is 9.89. The van der Waals surface area contributed by atoms with Crippen LogP contribution in [0.25, 0.3) is 22.3 Å². The topological polar surface area (TPSA) is 53.4 Å². The number of hydrogen-bond donors (Lipinski definition) is 2. The van der Waals surface area contributed by atoms with Gasteiger partial charge in [-0.25, -0.2) is 0 Å². The molecule has 27 heavy (non-hydrogen) atoms. The van der Waals surface area contributed by atoms with E-state index in [0.717, 1.165) is 41.1 Å². The molecular weight excluding hydrogens is 334 g/mol. The van der Waals surface area contributed by atoms with E-state index in [1.165, 1.54) is 30.4 Å². The molecule has 1 fully saturated rings. The van der Waals surface area contributed by atoms with Gasteiger partial charge >= 0.3 is 0 Å². The van der Waals surface area contributed by atoms with Gasteiger partial charge in [0.1, 0.15) is 11.5 Å². The number of phenolic OH excluding ortho intramolecular Hbond substituents is 2. The summed E-state index contributed by atoms with van der Waals surface area (Å²) in [5.41, 5.74) is 6.88. The van der Waals surface area contributed by atoms with E-state index in [0.29, 0.717) is 0 Å². The van der Waals surface area contributed by atoms with Crippen LogP contribution in [0, 0.1) is 5.92 Å². The predicted molar refractivity (Wildman–Crippen MR) is 109 cm³/mol. The van der Waals surface area contributed by atoms with Gasteiger partial charge in [0.05, 0.1) is 0 Å². The van der Waals surface area contributed by atoms with Crippen LogP contribution in [0.3, 0.4) is 0 Å². The van der Waals surface area contributed by atoms with Gasteiger partial charge in [-0.1, -0.05) is 44.0 Å². The highest BCUT2D eigenvalue weighted by molar-refractivity contribution is 5.79. The Morgan fingerprint density at radius 2 is 1.48 bits per heavy atom. The van der Waals surface area contributed by atoms with Gasteiger partial charge in [-0.3, -0.25) is 4.98 Å². The Morgan fingerprint density at radius 3 is 2.04 bits per heavy atom. The number of phenols is 2. The van der Waals surface area contributed by atoms with Crippen molar-refractivity contribution in [3.63, 3.8) is 0 Å². The van der Waals surface area contributed by atoms with Crippen LogP contribution in [0.15, 0.2) is 54.7 Å². The van der Waals surface area contributed by atoms with Crippen molar-refractivity contribution >= 4 is 0 Å². The summed E-state index contributed by atoms with van der Waals surface area (Å²) < 4.78 is 0. The van der Waals surface area contributed by atoms with Crippen LogP contribution in [0.5, 0.6) is 11.5 Å².